The molecule has 2 N–H and O–H groups in total. The number of urea groups is 1. The SMILES string of the molecule is O=C(NCC(F)(F)F)NN=Cc1ccc(C2=CSC(c3cc(Cl)cc(Cl)c3)(C(F)(F)F)C2)cc1Cl. The number of rotatable bonds is 5. The first-order chi connectivity index (χ1) is 16.2. The zero-order chi connectivity index (χ0) is 26.0. The minimum absolute atomic E-state index is 0.0801. The average Bonchev–Trinajstić information content (AvgIpc) is 3.19. The Bertz CT molecular complexity index is 1170. The van der Waals surface area contributed by atoms with Crippen molar-refractivity contribution >= 4 is 64.4 Å². The molecule has 4 nitrogen and oxygen atoms in total. The Morgan fingerprint density at radius 1 is 1.06 bits per heavy atom. The Labute approximate surface area is 214 Å². The van der Waals surface area contributed by atoms with Crippen LogP contribution in [0.1, 0.15) is 23.1 Å². The van der Waals surface area contributed by atoms with Crippen LogP contribution in [0.2, 0.25) is 15.1 Å². The van der Waals surface area contributed by atoms with Crippen LogP contribution in [0, 0.1) is 0 Å². The highest BCUT2D eigenvalue weighted by Gasteiger charge is 2.58. The maximum atomic E-state index is 14.2. The summed E-state index contributed by atoms with van der Waals surface area (Å²) in [6.45, 7) is -1.53. The molecule has 0 bridgehead atoms. The fraction of sp³-hybridized carbons (Fsp3) is 0.238. The van der Waals surface area contributed by atoms with E-state index in [2.05, 4.69) is 5.10 Å². The number of hydrogen-bond donors (Lipinski definition) is 2. The predicted molar refractivity (Wildman–Crippen MR) is 126 cm³/mol. The second-order valence-corrected chi connectivity index (χ2v) is 9.77. The molecule has 3 rings (SSSR count). The van der Waals surface area contributed by atoms with Gasteiger partial charge in [0.1, 0.15) is 11.3 Å². The number of alkyl halides is 6. The Hall–Kier alpha value is -2.08. The van der Waals surface area contributed by atoms with Crippen molar-refractivity contribution < 1.29 is 31.1 Å². The van der Waals surface area contributed by atoms with Gasteiger partial charge in [0.05, 0.1) is 11.2 Å². The third-order valence-electron chi connectivity index (χ3n) is 4.82. The number of allylic oxidation sites excluding steroid dienone is 1. The molecule has 0 aliphatic carbocycles. The highest BCUT2D eigenvalue weighted by molar-refractivity contribution is 8.03. The van der Waals surface area contributed by atoms with Crippen molar-refractivity contribution in [3.05, 3.63) is 73.6 Å². The van der Waals surface area contributed by atoms with Crippen LogP contribution in [0.3, 0.4) is 0 Å². The molecule has 1 aliphatic heterocycles. The van der Waals surface area contributed by atoms with Crippen molar-refractivity contribution in [3.63, 3.8) is 0 Å². The fourth-order valence-electron chi connectivity index (χ4n) is 3.19. The minimum Gasteiger partial charge on any atom is -0.328 e. The maximum Gasteiger partial charge on any atom is 0.407 e. The molecule has 188 valence electrons. The van der Waals surface area contributed by atoms with Gasteiger partial charge in [0.2, 0.25) is 0 Å². The highest BCUT2D eigenvalue weighted by Crippen LogP contribution is 2.60. The Morgan fingerprint density at radius 3 is 2.29 bits per heavy atom. The van der Waals surface area contributed by atoms with Crippen LogP contribution in [0.15, 0.2) is 46.9 Å². The number of halogens is 9. The first-order valence-electron chi connectivity index (χ1n) is 9.54. The van der Waals surface area contributed by atoms with Crippen molar-refractivity contribution in [3.8, 4) is 0 Å². The van der Waals surface area contributed by atoms with E-state index in [1.165, 1.54) is 41.8 Å². The van der Waals surface area contributed by atoms with Gasteiger partial charge in [-0.1, -0.05) is 46.9 Å². The van der Waals surface area contributed by atoms with Crippen molar-refractivity contribution in [1.82, 2.24) is 10.7 Å². The third-order valence-corrected chi connectivity index (χ3v) is 7.00. The van der Waals surface area contributed by atoms with Gasteiger partial charge < -0.3 is 5.32 Å². The van der Waals surface area contributed by atoms with E-state index in [0.717, 1.165) is 6.21 Å². The van der Waals surface area contributed by atoms with Crippen molar-refractivity contribution in [2.75, 3.05) is 6.54 Å². The van der Waals surface area contributed by atoms with Crippen LogP contribution < -0.4 is 10.7 Å². The molecule has 2 aromatic carbocycles. The third kappa shape index (κ3) is 6.78. The summed E-state index contributed by atoms with van der Waals surface area (Å²) >= 11 is 18.7. The lowest BCUT2D eigenvalue weighted by Crippen LogP contribution is -2.38. The summed E-state index contributed by atoms with van der Waals surface area (Å²) in [6, 6.07) is 7.02. The largest absolute Gasteiger partial charge is 0.407 e. The van der Waals surface area contributed by atoms with Gasteiger partial charge >= 0.3 is 18.4 Å². The summed E-state index contributed by atoms with van der Waals surface area (Å²) in [6.07, 6.45) is -8.51. The Balaban J connectivity index is 1.75. The number of carbonyl (C=O) groups excluding carboxylic acids is 1. The van der Waals surface area contributed by atoms with Crippen LogP contribution >= 0.6 is 46.6 Å². The molecule has 0 saturated heterocycles. The molecule has 0 radical (unpaired) electrons. The maximum absolute atomic E-state index is 14.2. The van der Waals surface area contributed by atoms with Crippen molar-refractivity contribution in [2.24, 2.45) is 5.10 Å². The number of hydrazone groups is 1. The average molecular weight is 577 g/mol. The lowest BCUT2D eigenvalue weighted by molar-refractivity contribution is -0.160. The van der Waals surface area contributed by atoms with Crippen LogP contribution in [0.5, 0.6) is 0 Å². The fourth-order valence-corrected chi connectivity index (χ4v) is 5.14. The van der Waals surface area contributed by atoms with Gasteiger partial charge in [0.15, 0.2) is 0 Å². The molecule has 0 spiro atoms. The predicted octanol–water partition coefficient (Wildman–Crippen LogP) is 7.78. The van der Waals surface area contributed by atoms with E-state index in [4.69, 9.17) is 34.8 Å². The van der Waals surface area contributed by atoms with Gasteiger partial charge in [-0.2, -0.15) is 31.4 Å². The first-order valence-corrected chi connectivity index (χ1v) is 11.6. The highest BCUT2D eigenvalue weighted by atomic mass is 35.5. The van der Waals surface area contributed by atoms with Crippen LogP contribution in [0.4, 0.5) is 31.1 Å². The molecular formula is C21H14Cl3F6N3OS. The zero-order valence-electron chi connectivity index (χ0n) is 17.2. The smallest absolute Gasteiger partial charge is 0.328 e. The van der Waals surface area contributed by atoms with Gasteiger partial charge in [-0.15, -0.1) is 11.8 Å². The normalized spacial score (nSPS) is 18.6. The van der Waals surface area contributed by atoms with Crippen LogP contribution in [-0.2, 0) is 4.75 Å². The van der Waals surface area contributed by atoms with Crippen molar-refractivity contribution in [1.29, 1.82) is 0 Å². The topological polar surface area (TPSA) is 53.5 Å². The molecular weight excluding hydrogens is 563 g/mol. The van der Waals surface area contributed by atoms with E-state index in [1.54, 1.807) is 5.32 Å². The van der Waals surface area contributed by atoms with E-state index in [9.17, 15) is 31.1 Å². The number of hydrogen-bond acceptors (Lipinski definition) is 3. The van der Waals surface area contributed by atoms with E-state index < -0.39 is 36.1 Å². The van der Waals surface area contributed by atoms with E-state index in [-0.39, 0.29) is 26.2 Å². The summed E-state index contributed by atoms with van der Waals surface area (Å²) in [5.74, 6) is 0. The van der Waals surface area contributed by atoms with Gasteiger partial charge in [0.25, 0.3) is 0 Å². The minimum atomic E-state index is -4.63. The van der Waals surface area contributed by atoms with Gasteiger partial charge in [-0.05, 0) is 46.4 Å². The summed E-state index contributed by atoms with van der Waals surface area (Å²) in [4.78, 5) is 11.3. The Kier molecular flexibility index (Phi) is 8.25. The standard InChI is InChI=1S/C21H14Cl3F6N3OS/c22-15-4-14(5-16(23)6-15)19(21(28,29)30)7-13(9-35-19)11-1-2-12(17(24)3-11)8-32-33-18(34)31-10-20(25,26)27/h1-6,8-9H,7,10H2,(H2,31,33,34). The number of thioether (sulfide) groups is 1. The van der Waals surface area contributed by atoms with Crippen LogP contribution in [-0.4, -0.2) is 31.1 Å². The molecule has 14 heteroatoms. The number of nitrogens with zero attached hydrogens (tertiary/aromatic N) is 1. The lowest BCUT2D eigenvalue weighted by Gasteiger charge is -2.32. The summed E-state index contributed by atoms with van der Waals surface area (Å²) in [7, 11) is 0. The molecule has 1 unspecified atom stereocenters. The molecule has 2 aromatic rings. The lowest BCUT2D eigenvalue weighted by atomic mass is 9.88. The number of benzene rings is 2. The van der Waals surface area contributed by atoms with E-state index in [0.29, 0.717) is 22.9 Å². The molecule has 0 saturated carbocycles. The molecule has 1 aliphatic rings. The number of amides is 2. The quantitative estimate of drug-likeness (QED) is 0.217. The number of nitrogens with one attached hydrogen (secondary N) is 2. The summed E-state index contributed by atoms with van der Waals surface area (Å²) in [5.41, 5.74) is 2.85. The Morgan fingerprint density at radius 2 is 1.71 bits per heavy atom. The van der Waals surface area contributed by atoms with Crippen LogP contribution in [0.25, 0.3) is 5.57 Å². The van der Waals surface area contributed by atoms with Gasteiger partial charge in [-0.25, -0.2) is 10.2 Å². The van der Waals surface area contributed by atoms with E-state index in [1.807, 2.05) is 5.43 Å². The molecule has 1 heterocycles. The van der Waals surface area contributed by atoms with Gasteiger partial charge in [-0.3, -0.25) is 0 Å². The zero-order valence-corrected chi connectivity index (χ0v) is 20.3. The molecule has 35 heavy (non-hydrogen) atoms. The summed E-state index contributed by atoms with van der Waals surface area (Å²) in [5, 5.41) is 6.74. The van der Waals surface area contributed by atoms with Crippen molar-refractivity contribution in [2.45, 2.75) is 23.5 Å². The molecule has 0 aromatic heterocycles. The second-order valence-electron chi connectivity index (χ2n) is 7.32. The second kappa shape index (κ2) is 10.5. The van der Waals surface area contributed by atoms with E-state index >= 15 is 0 Å². The first kappa shape index (κ1) is 27.5. The number of carbonyl (C=O) groups is 1. The monoisotopic (exact) mass is 575 g/mol. The molecule has 2 amide bonds. The molecule has 1 atom stereocenters. The summed E-state index contributed by atoms with van der Waals surface area (Å²) < 4.78 is 76.7. The van der Waals surface area contributed by atoms with Gasteiger partial charge in [0, 0.05) is 22.0 Å². The molecule has 0 fully saturated rings.